The lowest BCUT2D eigenvalue weighted by molar-refractivity contribution is -0.143. The Hall–Kier alpha value is -0.660. The maximum Gasteiger partial charge on any atom is 0.466 e. The maximum atomic E-state index is 11.2. The van der Waals surface area contributed by atoms with Crippen LogP contribution in [0.25, 0.3) is 0 Å². The molecule has 6 saturated heterocycles. The zero-order valence-electron chi connectivity index (χ0n) is 28.5. The lowest BCUT2D eigenvalue weighted by Gasteiger charge is -2.03. The molecule has 0 aliphatic carbocycles. The van der Waals surface area contributed by atoms with E-state index in [1.165, 1.54) is 89.9 Å². The summed E-state index contributed by atoms with van der Waals surface area (Å²) in [4.78, 5) is 32.7. The summed E-state index contributed by atoms with van der Waals surface area (Å²) in [6, 6.07) is 0. The van der Waals surface area contributed by atoms with Crippen molar-refractivity contribution < 1.29 is 57.2 Å². The number of epoxide rings is 6. The minimum absolute atomic E-state index is 0.0304. The second kappa shape index (κ2) is 39.5. The number of esters is 1. The van der Waals surface area contributed by atoms with Crippen LogP contribution in [0.2, 0.25) is 0 Å². The third-order valence-electron chi connectivity index (χ3n) is 5.51. The number of carbonyl (C=O) groups is 1. The molecule has 3 N–H and O–H groups in total. The average Bonchev–Trinajstić information content (AvgIpc) is 3.85. The molecule has 0 aromatic carbocycles. The predicted molar refractivity (Wildman–Crippen MR) is 175 cm³/mol. The van der Waals surface area contributed by atoms with Gasteiger partial charge in [0.2, 0.25) is 0 Å². The molecule has 6 rings (SSSR count). The van der Waals surface area contributed by atoms with Crippen LogP contribution < -0.4 is 0 Å². The van der Waals surface area contributed by atoms with E-state index < -0.39 is 7.82 Å². The third-order valence-corrected chi connectivity index (χ3v) is 5.51. The van der Waals surface area contributed by atoms with E-state index in [-0.39, 0.29) is 5.97 Å². The van der Waals surface area contributed by atoms with Gasteiger partial charge in [0.05, 0.1) is 85.9 Å². The molecule has 0 atom stereocenters. The summed E-state index contributed by atoms with van der Waals surface area (Å²) < 4.78 is 40.8. The molecule has 6 aliphatic heterocycles. The minimum Gasteiger partial charge on any atom is -0.466 e. The highest BCUT2D eigenvalue weighted by Crippen LogP contribution is 2.25. The molecule has 45 heavy (non-hydrogen) atoms. The van der Waals surface area contributed by atoms with Gasteiger partial charge in [0, 0.05) is 6.42 Å². The second-order valence-electron chi connectivity index (χ2n) is 10.7. The first-order chi connectivity index (χ1) is 21.8. The van der Waals surface area contributed by atoms with E-state index in [4.69, 9.17) is 24.0 Å². The fraction of sp³-hybridized carbons (Fsp3) is 0.969. The van der Waals surface area contributed by atoms with Crippen LogP contribution in [0.5, 0.6) is 0 Å². The molecule has 0 saturated carbocycles. The normalized spacial score (nSPS) is 16.2. The summed E-state index contributed by atoms with van der Waals surface area (Å²) in [7, 11) is -4.64. The molecule has 6 heterocycles. The molecule has 0 aromatic rings. The molecule has 0 spiro atoms. The number of ether oxygens (including phenoxy) is 7. The molecule has 272 valence electrons. The number of hydrogen-bond acceptors (Lipinski definition) is 9. The first-order valence-corrected chi connectivity index (χ1v) is 18.8. The van der Waals surface area contributed by atoms with Crippen LogP contribution in [0.4, 0.5) is 0 Å². The first-order valence-electron chi connectivity index (χ1n) is 17.2. The maximum absolute atomic E-state index is 11.2. The Morgan fingerprint density at radius 1 is 0.489 bits per heavy atom. The fourth-order valence-corrected chi connectivity index (χ4v) is 2.87. The molecule has 0 unspecified atom stereocenters. The standard InChI is InChI=1S/C20H40O2.6C2H4O.H3O4P/c1-3-5-6-7-8-9-10-11-12-13-14-15-16-17-18-19-20(21)22-4-2;6*1-2-3-1;1-5(2,3)4/h3-19H2,1-2H3;6*1-2H2;(H3,1,2,3,4). The van der Waals surface area contributed by atoms with Gasteiger partial charge in [-0.25, -0.2) is 4.57 Å². The quantitative estimate of drug-likeness (QED) is 0.0712. The summed E-state index contributed by atoms with van der Waals surface area (Å²) >= 11 is 0. The average molecular weight is 675 g/mol. The molecule has 12 nitrogen and oxygen atoms in total. The van der Waals surface area contributed by atoms with E-state index in [1.807, 2.05) is 6.92 Å². The van der Waals surface area contributed by atoms with Gasteiger partial charge in [0.15, 0.2) is 0 Å². The largest absolute Gasteiger partial charge is 0.466 e. The number of unbranched alkanes of at least 4 members (excludes halogenated alkanes) is 14. The highest BCUT2D eigenvalue weighted by Gasteiger charge is 2.01. The van der Waals surface area contributed by atoms with Crippen molar-refractivity contribution in [2.24, 2.45) is 0 Å². The van der Waals surface area contributed by atoms with E-state index in [9.17, 15) is 4.79 Å². The van der Waals surface area contributed by atoms with Crippen LogP contribution in [0.1, 0.15) is 117 Å². The molecule has 6 fully saturated rings. The Labute approximate surface area is 273 Å². The lowest BCUT2D eigenvalue weighted by atomic mass is 10.0. The van der Waals surface area contributed by atoms with Gasteiger partial charge in [-0.1, -0.05) is 96.8 Å². The molecule has 13 heteroatoms. The van der Waals surface area contributed by atoms with Crippen molar-refractivity contribution in [3.05, 3.63) is 0 Å². The summed E-state index contributed by atoms with van der Waals surface area (Å²) in [6.45, 7) is 16.7. The van der Waals surface area contributed by atoms with Crippen LogP contribution in [0.3, 0.4) is 0 Å². The Balaban J connectivity index is 0. The molecule has 6 aliphatic rings. The zero-order valence-corrected chi connectivity index (χ0v) is 29.4. The van der Waals surface area contributed by atoms with Gasteiger partial charge in [0.25, 0.3) is 0 Å². The third kappa shape index (κ3) is 115. The number of phosphoric acid groups is 1. The molecular weight excluding hydrogens is 607 g/mol. The van der Waals surface area contributed by atoms with Crippen LogP contribution in [-0.4, -0.2) is 107 Å². The van der Waals surface area contributed by atoms with Crippen molar-refractivity contribution in [3.8, 4) is 0 Å². The summed E-state index contributed by atoms with van der Waals surface area (Å²) in [5.74, 6) is -0.0304. The summed E-state index contributed by atoms with van der Waals surface area (Å²) in [5.41, 5.74) is 0. The molecule has 0 bridgehead atoms. The van der Waals surface area contributed by atoms with Gasteiger partial charge in [-0.2, -0.15) is 0 Å². The lowest BCUT2D eigenvalue weighted by Crippen LogP contribution is -2.03. The Kier molecular flexibility index (Phi) is 40.8. The second-order valence-corrected chi connectivity index (χ2v) is 11.7. The minimum atomic E-state index is -4.64. The van der Waals surface area contributed by atoms with Crippen molar-refractivity contribution in [1.82, 2.24) is 0 Å². The van der Waals surface area contributed by atoms with Crippen LogP contribution in [0.15, 0.2) is 0 Å². The van der Waals surface area contributed by atoms with Crippen LogP contribution in [0, 0.1) is 0 Å². The van der Waals surface area contributed by atoms with Crippen molar-refractivity contribution in [2.45, 2.75) is 117 Å². The van der Waals surface area contributed by atoms with Gasteiger partial charge in [-0.3, -0.25) is 4.79 Å². The summed E-state index contributed by atoms with van der Waals surface area (Å²) in [5, 5.41) is 0. The first kappa shape index (κ1) is 46.5. The topological polar surface area (TPSA) is 179 Å². The Bertz CT molecular complexity index is 538. The van der Waals surface area contributed by atoms with Crippen molar-refractivity contribution in [1.29, 1.82) is 0 Å². The van der Waals surface area contributed by atoms with Crippen molar-refractivity contribution in [3.63, 3.8) is 0 Å². The van der Waals surface area contributed by atoms with Crippen LogP contribution in [-0.2, 0) is 42.5 Å². The van der Waals surface area contributed by atoms with Gasteiger partial charge in [-0.05, 0) is 13.3 Å². The van der Waals surface area contributed by atoms with Crippen LogP contribution >= 0.6 is 7.82 Å². The zero-order chi connectivity index (χ0) is 33.5. The van der Waals surface area contributed by atoms with E-state index in [2.05, 4.69) is 35.3 Å². The van der Waals surface area contributed by atoms with Gasteiger partial charge < -0.3 is 47.8 Å². The predicted octanol–water partition coefficient (Wildman–Crippen LogP) is 5.98. The van der Waals surface area contributed by atoms with Gasteiger partial charge in [0.1, 0.15) is 0 Å². The smallest absolute Gasteiger partial charge is 0.466 e. The highest BCUT2D eigenvalue weighted by atomic mass is 31.2. The molecular formula is C32H67O12P. The number of rotatable bonds is 17. The Morgan fingerprint density at radius 2 is 0.689 bits per heavy atom. The molecule has 0 aromatic heterocycles. The van der Waals surface area contributed by atoms with Crippen molar-refractivity contribution >= 4 is 13.8 Å². The van der Waals surface area contributed by atoms with E-state index in [0.717, 1.165) is 85.7 Å². The SMILES string of the molecule is C1CO1.C1CO1.C1CO1.C1CO1.C1CO1.C1CO1.CCCCCCCCCCCCCCCCCC(=O)OCC.O=P(O)(O)O. The van der Waals surface area contributed by atoms with Crippen molar-refractivity contribution in [2.75, 3.05) is 85.9 Å². The summed E-state index contributed by atoms with van der Waals surface area (Å²) in [6.07, 6.45) is 21.0. The molecule has 0 radical (unpaired) electrons. The van der Waals surface area contributed by atoms with E-state index >= 15 is 0 Å². The Morgan fingerprint density at radius 3 is 0.867 bits per heavy atom. The fourth-order valence-electron chi connectivity index (χ4n) is 2.87. The number of carbonyl (C=O) groups excluding carboxylic acids is 1. The van der Waals surface area contributed by atoms with E-state index in [1.54, 1.807) is 0 Å². The number of hydrogen-bond donors (Lipinski definition) is 3. The van der Waals surface area contributed by atoms with E-state index in [0.29, 0.717) is 13.0 Å². The molecule has 0 amide bonds. The van der Waals surface area contributed by atoms with Gasteiger partial charge >= 0.3 is 13.8 Å². The monoisotopic (exact) mass is 674 g/mol. The highest BCUT2D eigenvalue weighted by molar-refractivity contribution is 7.45. The van der Waals surface area contributed by atoms with Gasteiger partial charge in [-0.15, -0.1) is 0 Å².